The smallest absolute Gasteiger partial charge is 0.164 e. The fourth-order valence-corrected chi connectivity index (χ4v) is 2.53. The predicted octanol–water partition coefficient (Wildman–Crippen LogP) is 2.03. The van der Waals surface area contributed by atoms with Crippen LogP contribution in [0.3, 0.4) is 0 Å². The molecule has 2 rings (SSSR count). The van der Waals surface area contributed by atoms with Crippen molar-refractivity contribution in [2.75, 3.05) is 33.2 Å². The summed E-state index contributed by atoms with van der Waals surface area (Å²) in [5.41, 5.74) is 0.600. The van der Waals surface area contributed by atoms with Crippen molar-refractivity contribution in [3.05, 3.63) is 35.6 Å². The molecule has 104 valence electrons. The number of halogens is 1. The van der Waals surface area contributed by atoms with Gasteiger partial charge in [-0.1, -0.05) is 0 Å². The molecule has 1 aromatic rings. The molecule has 1 aliphatic heterocycles. The summed E-state index contributed by atoms with van der Waals surface area (Å²) in [4.78, 5) is 16.7. The lowest BCUT2D eigenvalue weighted by Crippen LogP contribution is -2.50. The molecule has 0 N–H and O–H groups in total. The molecule has 0 aliphatic carbocycles. The highest BCUT2D eigenvalue weighted by Crippen LogP contribution is 2.11. The molecule has 19 heavy (non-hydrogen) atoms. The highest BCUT2D eigenvalue weighted by Gasteiger charge is 2.21. The maximum absolute atomic E-state index is 12.8. The van der Waals surface area contributed by atoms with Crippen molar-refractivity contribution in [1.29, 1.82) is 0 Å². The normalized spacial score (nSPS) is 21.5. The lowest BCUT2D eigenvalue weighted by atomic mass is 10.1. The lowest BCUT2D eigenvalue weighted by molar-refractivity contribution is 0.0843. The fraction of sp³-hybridized carbons (Fsp3) is 0.533. The van der Waals surface area contributed by atoms with Gasteiger partial charge in [0.05, 0.1) is 0 Å². The molecule has 0 radical (unpaired) electrons. The zero-order chi connectivity index (χ0) is 13.8. The molecule has 1 fully saturated rings. The van der Waals surface area contributed by atoms with Crippen LogP contribution in [0.15, 0.2) is 24.3 Å². The Morgan fingerprint density at radius 2 is 2.00 bits per heavy atom. The summed E-state index contributed by atoms with van der Waals surface area (Å²) in [6.45, 7) is 6.08. The van der Waals surface area contributed by atoms with Crippen LogP contribution in [0.5, 0.6) is 0 Å². The van der Waals surface area contributed by atoms with Crippen molar-refractivity contribution in [2.45, 2.75) is 19.4 Å². The third-order valence-electron chi connectivity index (χ3n) is 3.76. The van der Waals surface area contributed by atoms with Gasteiger partial charge in [-0.15, -0.1) is 0 Å². The van der Waals surface area contributed by atoms with E-state index in [1.807, 2.05) is 0 Å². The quantitative estimate of drug-likeness (QED) is 0.778. The van der Waals surface area contributed by atoms with E-state index in [0.717, 1.165) is 26.2 Å². The maximum Gasteiger partial charge on any atom is 0.164 e. The molecule has 0 bridgehead atoms. The Hall–Kier alpha value is -1.26. The van der Waals surface area contributed by atoms with E-state index in [1.165, 1.54) is 12.1 Å². The number of carbonyl (C=O) groups excluding carboxylic acids is 1. The molecule has 0 saturated carbocycles. The molecule has 1 heterocycles. The molecule has 0 spiro atoms. The number of nitrogens with zero attached hydrogens (tertiary/aromatic N) is 2. The Morgan fingerprint density at radius 1 is 1.32 bits per heavy atom. The number of Topliss-reactive ketones (excluding diaryl/α,β-unsaturated/α-hetero) is 1. The average Bonchev–Trinajstić information content (AvgIpc) is 2.38. The van der Waals surface area contributed by atoms with E-state index in [9.17, 15) is 9.18 Å². The molecular weight excluding hydrogens is 243 g/mol. The molecule has 1 aromatic carbocycles. The predicted molar refractivity (Wildman–Crippen MR) is 73.9 cm³/mol. The first-order valence-corrected chi connectivity index (χ1v) is 6.77. The molecule has 3 nitrogen and oxygen atoms in total. The number of hydrogen-bond acceptors (Lipinski definition) is 3. The Balaban J connectivity index is 1.85. The van der Waals surface area contributed by atoms with Gasteiger partial charge in [-0.25, -0.2) is 4.39 Å². The molecule has 1 saturated heterocycles. The number of rotatable bonds is 4. The van der Waals surface area contributed by atoms with Crippen molar-refractivity contribution < 1.29 is 9.18 Å². The van der Waals surface area contributed by atoms with E-state index in [4.69, 9.17) is 0 Å². The van der Waals surface area contributed by atoms with Gasteiger partial charge in [0.15, 0.2) is 5.78 Å². The summed E-state index contributed by atoms with van der Waals surface area (Å²) in [7, 11) is 2.12. The number of carbonyl (C=O) groups is 1. The van der Waals surface area contributed by atoms with E-state index >= 15 is 0 Å². The SMILES string of the molecule is CC1CN(C)CCN1CCC(=O)c1ccc(F)cc1. The molecule has 0 amide bonds. The summed E-state index contributed by atoms with van der Waals surface area (Å²) < 4.78 is 12.8. The van der Waals surface area contributed by atoms with Crippen molar-refractivity contribution in [3.8, 4) is 0 Å². The molecule has 1 atom stereocenters. The number of benzene rings is 1. The second-order valence-electron chi connectivity index (χ2n) is 5.33. The Bertz CT molecular complexity index is 432. The minimum Gasteiger partial charge on any atom is -0.304 e. The highest BCUT2D eigenvalue weighted by atomic mass is 19.1. The van der Waals surface area contributed by atoms with Crippen molar-refractivity contribution >= 4 is 5.78 Å². The third-order valence-corrected chi connectivity index (χ3v) is 3.76. The lowest BCUT2D eigenvalue weighted by Gasteiger charge is -2.38. The van der Waals surface area contributed by atoms with Gasteiger partial charge < -0.3 is 4.90 Å². The second-order valence-corrected chi connectivity index (χ2v) is 5.33. The zero-order valence-electron chi connectivity index (χ0n) is 11.6. The first-order valence-electron chi connectivity index (χ1n) is 6.77. The van der Waals surface area contributed by atoms with E-state index in [-0.39, 0.29) is 11.6 Å². The number of hydrogen-bond donors (Lipinski definition) is 0. The number of likely N-dealkylation sites (N-methyl/N-ethyl adjacent to an activating group) is 1. The van der Waals surface area contributed by atoms with Crippen LogP contribution < -0.4 is 0 Å². The van der Waals surface area contributed by atoms with Gasteiger partial charge in [0.25, 0.3) is 0 Å². The number of ketones is 1. The average molecular weight is 264 g/mol. The van der Waals surface area contributed by atoms with Crippen LogP contribution >= 0.6 is 0 Å². The van der Waals surface area contributed by atoms with Crippen molar-refractivity contribution in [1.82, 2.24) is 9.80 Å². The van der Waals surface area contributed by atoms with E-state index in [2.05, 4.69) is 23.8 Å². The van der Waals surface area contributed by atoms with E-state index in [1.54, 1.807) is 12.1 Å². The first kappa shape index (κ1) is 14.2. The highest BCUT2D eigenvalue weighted by molar-refractivity contribution is 5.96. The van der Waals surface area contributed by atoms with E-state index in [0.29, 0.717) is 18.0 Å². The van der Waals surface area contributed by atoms with Gasteiger partial charge >= 0.3 is 0 Å². The second kappa shape index (κ2) is 6.26. The minimum atomic E-state index is -0.302. The van der Waals surface area contributed by atoms with Crippen LogP contribution in [0, 0.1) is 5.82 Å². The van der Waals surface area contributed by atoms with Crippen LogP contribution in [0.25, 0.3) is 0 Å². The third kappa shape index (κ3) is 3.85. The molecular formula is C15H21FN2O. The van der Waals surface area contributed by atoms with Crippen molar-refractivity contribution in [3.63, 3.8) is 0 Å². The standard InChI is InChI=1S/C15H21FN2O/c1-12-11-17(2)9-10-18(12)8-7-15(19)13-3-5-14(16)6-4-13/h3-6,12H,7-11H2,1-2H3. The monoisotopic (exact) mass is 264 g/mol. The number of piperazine rings is 1. The summed E-state index contributed by atoms with van der Waals surface area (Å²) in [6.07, 6.45) is 0.500. The summed E-state index contributed by atoms with van der Waals surface area (Å²) >= 11 is 0. The van der Waals surface area contributed by atoms with E-state index < -0.39 is 0 Å². The molecule has 1 aliphatic rings. The van der Waals surface area contributed by atoms with Gasteiger partial charge in [0.2, 0.25) is 0 Å². The van der Waals surface area contributed by atoms with Crippen LogP contribution in [0.1, 0.15) is 23.7 Å². The van der Waals surface area contributed by atoms with Gasteiger partial charge in [-0.2, -0.15) is 0 Å². The fourth-order valence-electron chi connectivity index (χ4n) is 2.53. The van der Waals surface area contributed by atoms with Crippen LogP contribution in [-0.4, -0.2) is 54.9 Å². The van der Waals surface area contributed by atoms with Crippen LogP contribution in [0.2, 0.25) is 0 Å². The van der Waals surface area contributed by atoms with Gasteiger partial charge in [0.1, 0.15) is 5.82 Å². The van der Waals surface area contributed by atoms with Crippen LogP contribution in [-0.2, 0) is 0 Å². The topological polar surface area (TPSA) is 23.6 Å². The Kier molecular flexibility index (Phi) is 4.66. The van der Waals surface area contributed by atoms with Gasteiger partial charge in [-0.3, -0.25) is 9.69 Å². The Morgan fingerprint density at radius 3 is 2.63 bits per heavy atom. The van der Waals surface area contributed by atoms with Gasteiger partial charge in [0, 0.05) is 44.2 Å². The summed E-state index contributed by atoms with van der Waals surface area (Å²) in [5, 5.41) is 0. The zero-order valence-corrected chi connectivity index (χ0v) is 11.6. The molecule has 1 unspecified atom stereocenters. The summed E-state index contributed by atoms with van der Waals surface area (Å²) in [6, 6.07) is 6.29. The summed E-state index contributed by atoms with van der Waals surface area (Å²) in [5.74, 6) is -0.213. The minimum absolute atomic E-state index is 0.0890. The molecule has 4 heteroatoms. The molecule has 0 aromatic heterocycles. The van der Waals surface area contributed by atoms with Crippen LogP contribution in [0.4, 0.5) is 4.39 Å². The first-order chi connectivity index (χ1) is 9.06. The largest absolute Gasteiger partial charge is 0.304 e. The Labute approximate surface area is 114 Å². The van der Waals surface area contributed by atoms with Gasteiger partial charge in [-0.05, 0) is 38.2 Å². The van der Waals surface area contributed by atoms with Crippen molar-refractivity contribution in [2.24, 2.45) is 0 Å². The maximum atomic E-state index is 12.8.